The maximum atomic E-state index is 2.51. The number of fused-ring (bicyclic) bond motifs is 6. The SMILES string of the molecule is CCN1/C(=C/C=C2\C=CC(/C=C/C3=[N+](CC)c4ccc5ccccc5c4C3(C)C)=C2N(c2ccccc2)c2ccccc2)C(C)(C)c2c1ccc1ccccc21. The normalized spacial score (nSPS) is 18.4. The lowest BCUT2D eigenvalue weighted by atomic mass is 9.79. The average Bonchev–Trinajstić information content (AvgIpc) is 3.80. The van der Waals surface area contributed by atoms with Gasteiger partial charge in [0.25, 0.3) is 0 Å². The molecule has 0 bridgehead atoms. The molecule has 0 atom stereocenters. The predicted octanol–water partition coefficient (Wildman–Crippen LogP) is 13.2. The van der Waals surface area contributed by atoms with Crippen molar-refractivity contribution in [2.24, 2.45) is 0 Å². The van der Waals surface area contributed by atoms with Crippen LogP contribution in [0.2, 0.25) is 0 Å². The summed E-state index contributed by atoms with van der Waals surface area (Å²) in [6.07, 6.45) is 14.1. The molecule has 1 aliphatic carbocycles. The van der Waals surface area contributed by atoms with Crippen LogP contribution in [0.3, 0.4) is 0 Å². The molecule has 0 saturated carbocycles. The Bertz CT molecular complexity index is 2660. The van der Waals surface area contributed by atoms with Gasteiger partial charge >= 0.3 is 0 Å². The van der Waals surface area contributed by atoms with Crippen LogP contribution < -0.4 is 9.80 Å². The summed E-state index contributed by atoms with van der Waals surface area (Å²) in [7, 11) is 0. The molecule has 0 saturated heterocycles. The summed E-state index contributed by atoms with van der Waals surface area (Å²) in [5.41, 5.74) is 13.5. The third-order valence-electron chi connectivity index (χ3n) is 12.2. The molecule has 9 rings (SSSR count). The fraction of sp³-hybridized carbons (Fsp3) is 0.189. The quantitative estimate of drug-likeness (QED) is 0.144. The maximum Gasteiger partial charge on any atom is 0.210 e. The fourth-order valence-electron chi connectivity index (χ4n) is 9.68. The Hall–Kier alpha value is -6.19. The minimum atomic E-state index is -0.176. The summed E-state index contributed by atoms with van der Waals surface area (Å²) < 4.78 is 2.51. The van der Waals surface area contributed by atoms with Gasteiger partial charge in [0.05, 0.1) is 11.1 Å². The maximum absolute atomic E-state index is 2.51. The summed E-state index contributed by atoms with van der Waals surface area (Å²) in [4.78, 5) is 4.93. The summed E-state index contributed by atoms with van der Waals surface area (Å²) in [6, 6.07) is 48.4. The number of nitrogens with zero attached hydrogens (tertiary/aromatic N) is 3. The lowest BCUT2D eigenvalue weighted by molar-refractivity contribution is -0.433. The van der Waals surface area contributed by atoms with Gasteiger partial charge in [-0.1, -0.05) is 123 Å². The molecule has 6 aromatic rings. The van der Waals surface area contributed by atoms with E-state index in [0.717, 1.165) is 24.5 Å². The molecule has 0 aromatic heterocycles. The van der Waals surface area contributed by atoms with Crippen molar-refractivity contribution in [3.05, 3.63) is 204 Å². The molecule has 0 radical (unpaired) electrons. The highest BCUT2D eigenvalue weighted by atomic mass is 15.2. The first kappa shape index (κ1) is 35.5. The van der Waals surface area contributed by atoms with Gasteiger partial charge in [-0.3, -0.25) is 0 Å². The van der Waals surface area contributed by atoms with Gasteiger partial charge in [0.1, 0.15) is 6.54 Å². The number of rotatable bonds is 8. The molecule has 3 heteroatoms. The standard InChI is InChI=1S/C53H50N3/c1-7-54-45-33-29-37-19-15-17-25-43(37)49(45)52(3,4)47(54)35-31-39-27-28-40(51(39)56(41-21-11-9-12-22-41)42-23-13-10-14-24-42)32-36-48-53(5,6)50-44-26-18-16-20-38(44)30-34-46(50)55(48)8-2/h9-36H,7-8H2,1-6H3/q+1. The molecule has 2 heterocycles. The molecule has 0 N–H and O–H groups in total. The van der Waals surface area contributed by atoms with Crippen molar-refractivity contribution in [2.45, 2.75) is 52.4 Å². The van der Waals surface area contributed by atoms with Crippen LogP contribution in [-0.2, 0) is 10.8 Å². The Labute approximate surface area is 332 Å². The van der Waals surface area contributed by atoms with Crippen LogP contribution in [0.4, 0.5) is 22.7 Å². The molecule has 0 unspecified atom stereocenters. The van der Waals surface area contributed by atoms with Crippen molar-refractivity contribution in [1.82, 2.24) is 0 Å². The van der Waals surface area contributed by atoms with Gasteiger partial charge in [-0.2, -0.15) is 4.58 Å². The van der Waals surface area contributed by atoms with Gasteiger partial charge in [0, 0.05) is 52.4 Å². The topological polar surface area (TPSA) is 9.49 Å². The Kier molecular flexibility index (Phi) is 8.77. The highest BCUT2D eigenvalue weighted by Crippen LogP contribution is 2.51. The lowest BCUT2D eigenvalue weighted by Crippen LogP contribution is -2.27. The third-order valence-corrected chi connectivity index (χ3v) is 12.2. The molecule has 6 aromatic carbocycles. The number of likely N-dealkylation sites (N-methyl/N-ethyl adjacent to an activating group) is 1. The second-order valence-corrected chi connectivity index (χ2v) is 16.1. The van der Waals surface area contributed by atoms with Gasteiger partial charge in [-0.15, -0.1) is 0 Å². The Morgan fingerprint density at radius 1 is 0.589 bits per heavy atom. The summed E-state index contributed by atoms with van der Waals surface area (Å²) >= 11 is 0. The van der Waals surface area contributed by atoms with Gasteiger partial charge in [0.15, 0.2) is 5.71 Å². The van der Waals surface area contributed by atoms with Crippen LogP contribution in [0, 0.1) is 0 Å². The van der Waals surface area contributed by atoms with Gasteiger partial charge < -0.3 is 9.80 Å². The first-order valence-corrected chi connectivity index (χ1v) is 20.1. The second-order valence-electron chi connectivity index (χ2n) is 16.1. The van der Waals surface area contributed by atoms with Gasteiger partial charge in [-0.25, -0.2) is 0 Å². The molecule has 3 aliphatic rings. The monoisotopic (exact) mass is 728 g/mol. The van der Waals surface area contributed by atoms with Crippen molar-refractivity contribution < 1.29 is 4.58 Å². The molecule has 0 fully saturated rings. The molecule has 0 spiro atoms. The van der Waals surface area contributed by atoms with E-state index in [2.05, 4.69) is 226 Å². The zero-order valence-corrected chi connectivity index (χ0v) is 33.4. The fourth-order valence-corrected chi connectivity index (χ4v) is 9.68. The van der Waals surface area contributed by atoms with Crippen molar-refractivity contribution >= 4 is 50.0 Å². The van der Waals surface area contributed by atoms with Crippen molar-refractivity contribution in [3.63, 3.8) is 0 Å². The van der Waals surface area contributed by atoms with E-state index < -0.39 is 0 Å². The number of benzene rings is 6. The number of anilines is 3. The van der Waals surface area contributed by atoms with Crippen LogP contribution in [0.5, 0.6) is 0 Å². The van der Waals surface area contributed by atoms with Crippen LogP contribution in [0.15, 0.2) is 192 Å². The van der Waals surface area contributed by atoms with Crippen LogP contribution in [0.1, 0.15) is 52.7 Å². The van der Waals surface area contributed by atoms with Crippen molar-refractivity contribution in [2.75, 3.05) is 22.9 Å². The first-order chi connectivity index (χ1) is 27.2. The highest BCUT2D eigenvalue weighted by molar-refractivity contribution is 6.08. The highest BCUT2D eigenvalue weighted by Gasteiger charge is 2.45. The lowest BCUT2D eigenvalue weighted by Gasteiger charge is -2.29. The van der Waals surface area contributed by atoms with E-state index in [-0.39, 0.29) is 10.8 Å². The van der Waals surface area contributed by atoms with Crippen molar-refractivity contribution in [1.29, 1.82) is 0 Å². The van der Waals surface area contributed by atoms with Crippen LogP contribution in [-0.4, -0.2) is 23.4 Å². The van der Waals surface area contributed by atoms with E-state index >= 15 is 0 Å². The smallest absolute Gasteiger partial charge is 0.210 e. The second kappa shape index (κ2) is 13.8. The average molecular weight is 729 g/mol. The van der Waals surface area contributed by atoms with E-state index in [1.165, 1.54) is 72.3 Å². The first-order valence-electron chi connectivity index (χ1n) is 20.1. The van der Waals surface area contributed by atoms with E-state index in [0.29, 0.717) is 0 Å². The Morgan fingerprint density at radius 2 is 1.18 bits per heavy atom. The van der Waals surface area contributed by atoms with E-state index in [1.54, 1.807) is 0 Å². The summed E-state index contributed by atoms with van der Waals surface area (Å²) in [6.45, 7) is 15.9. The minimum Gasteiger partial charge on any atom is -0.344 e. The molecular formula is C53H50N3+. The summed E-state index contributed by atoms with van der Waals surface area (Å²) in [5.74, 6) is 0. The van der Waals surface area contributed by atoms with Gasteiger partial charge in [0.2, 0.25) is 5.69 Å². The summed E-state index contributed by atoms with van der Waals surface area (Å²) in [5, 5.41) is 5.25. The zero-order valence-electron chi connectivity index (χ0n) is 33.4. The molecule has 2 aliphatic heterocycles. The van der Waals surface area contributed by atoms with Gasteiger partial charge in [-0.05, 0) is 114 Å². The van der Waals surface area contributed by atoms with Crippen LogP contribution >= 0.6 is 0 Å². The minimum absolute atomic E-state index is 0.176. The number of hydrogen-bond donors (Lipinski definition) is 0. The molecule has 276 valence electrons. The molecular weight excluding hydrogens is 679 g/mol. The number of para-hydroxylation sites is 2. The largest absolute Gasteiger partial charge is 0.344 e. The number of hydrogen-bond acceptors (Lipinski definition) is 2. The van der Waals surface area contributed by atoms with E-state index in [9.17, 15) is 0 Å². The van der Waals surface area contributed by atoms with E-state index in [1.807, 2.05) is 0 Å². The molecule has 56 heavy (non-hydrogen) atoms. The van der Waals surface area contributed by atoms with Crippen molar-refractivity contribution in [3.8, 4) is 0 Å². The Morgan fingerprint density at radius 3 is 1.80 bits per heavy atom. The predicted molar refractivity (Wildman–Crippen MR) is 239 cm³/mol. The molecule has 3 nitrogen and oxygen atoms in total. The van der Waals surface area contributed by atoms with Crippen LogP contribution in [0.25, 0.3) is 21.5 Å². The zero-order chi connectivity index (χ0) is 38.6. The van der Waals surface area contributed by atoms with E-state index in [4.69, 9.17) is 0 Å². The third kappa shape index (κ3) is 5.60. The molecule has 0 amide bonds. The Balaban J connectivity index is 1.21. The number of allylic oxidation sites excluding steroid dienone is 8.